The van der Waals surface area contributed by atoms with Crippen molar-refractivity contribution in [1.82, 2.24) is 9.88 Å². The maximum atomic E-state index is 12.6. The standard InChI is InChI=1S/C19H23N3O2/c1-15-7-3-4-8-17(15)24-16(2)19(23)22-13-11-21(12-14-22)18-9-5-6-10-20-18/h3-10,16H,11-14H2,1-2H3/t16-/m0/s1. The highest BCUT2D eigenvalue weighted by molar-refractivity contribution is 5.81. The summed E-state index contributed by atoms with van der Waals surface area (Å²) in [5.41, 5.74) is 1.04. The first-order valence-corrected chi connectivity index (χ1v) is 8.32. The normalized spacial score (nSPS) is 15.9. The molecule has 1 aliphatic heterocycles. The van der Waals surface area contributed by atoms with Crippen molar-refractivity contribution in [3.63, 3.8) is 0 Å². The van der Waals surface area contributed by atoms with Gasteiger partial charge in [0.05, 0.1) is 0 Å². The van der Waals surface area contributed by atoms with E-state index in [4.69, 9.17) is 4.74 Å². The number of aryl methyl sites for hydroxylation is 1. The smallest absolute Gasteiger partial charge is 0.263 e. The molecule has 0 saturated carbocycles. The quantitative estimate of drug-likeness (QED) is 0.866. The minimum Gasteiger partial charge on any atom is -0.481 e. The molecule has 1 atom stereocenters. The molecule has 1 aliphatic rings. The van der Waals surface area contributed by atoms with E-state index in [0.717, 1.165) is 30.2 Å². The molecule has 1 fully saturated rings. The summed E-state index contributed by atoms with van der Waals surface area (Å²) in [6.45, 7) is 6.77. The Hall–Kier alpha value is -2.56. The monoisotopic (exact) mass is 325 g/mol. The van der Waals surface area contributed by atoms with Gasteiger partial charge in [0.2, 0.25) is 0 Å². The Morgan fingerprint density at radius 3 is 2.46 bits per heavy atom. The molecule has 0 aliphatic carbocycles. The number of benzene rings is 1. The van der Waals surface area contributed by atoms with Crippen molar-refractivity contribution < 1.29 is 9.53 Å². The molecule has 24 heavy (non-hydrogen) atoms. The molecule has 2 heterocycles. The van der Waals surface area contributed by atoms with Gasteiger partial charge in [0.15, 0.2) is 6.10 Å². The first-order valence-electron chi connectivity index (χ1n) is 8.32. The summed E-state index contributed by atoms with van der Waals surface area (Å²) in [6, 6.07) is 13.7. The van der Waals surface area contributed by atoms with E-state index >= 15 is 0 Å². The van der Waals surface area contributed by atoms with Gasteiger partial charge in [0.1, 0.15) is 11.6 Å². The van der Waals surface area contributed by atoms with Gasteiger partial charge < -0.3 is 14.5 Å². The molecule has 2 aromatic rings. The van der Waals surface area contributed by atoms with E-state index in [1.807, 2.05) is 61.2 Å². The molecule has 1 saturated heterocycles. The first kappa shape index (κ1) is 16.3. The van der Waals surface area contributed by atoms with Gasteiger partial charge in [-0.2, -0.15) is 0 Å². The molecule has 1 amide bonds. The van der Waals surface area contributed by atoms with Gasteiger partial charge in [-0.05, 0) is 37.6 Å². The second-order valence-electron chi connectivity index (χ2n) is 6.03. The van der Waals surface area contributed by atoms with E-state index in [-0.39, 0.29) is 5.91 Å². The number of para-hydroxylation sites is 1. The Kier molecular flexibility index (Phi) is 4.99. The third-order valence-corrected chi connectivity index (χ3v) is 4.31. The highest BCUT2D eigenvalue weighted by Gasteiger charge is 2.26. The Morgan fingerprint density at radius 2 is 1.79 bits per heavy atom. The van der Waals surface area contributed by atoms with Gasteiger partial charge in [-0.3, -0.25) is 4.79 Å². The number of ether oxygens (including phenoxy) is 1. The van der Waals surface area contributed by atoms with Crippen LogP contribution in [0.15, 0.2) is 48.7 Å². The Morgan fingerprint density at radius 1 is 1.08 bits per heavy atom. The number of hydrogen-bond donors (Lipinski definition) is 0. The molecule has 0 bridgehead atoms. The number of pyridine rings is 1. The highest BCUT2D eigenvalue weighted by Crippen LogP contribution is 2.19. The number of hydrogen-bond acceptors (Lipinski definition) is 4. The second kappa shape index (κ2) is 7.34. The molecule has 0 N–H and O–H groups in total. The van der Waals surface area contributed by atoms with Crippen molar-refractivity contribution >= 4 is 11.7 Å². The van der Waals surface area contributed by atoms with E-state index in [1.54, 1.807) is 6.20 Å². The molecule has 5 heteroatoms. The van der Waals surface area contributed by atoms with Crippen LogP contribution in [0.2, 0.25) is 0 Å². The highest BCUT2D eigenvalue weighted by atomic mass is 16.5. The third-order valence-electron chi connectivity index (χ3n) is 4.31. The molecule has 1 aromatic carbocycles. The lowest BCUT2D eigenvalue weighted by atomic mass is 10.2. The van der Waals surface area contributed by atoms with Crippen molar-refractivity contribution in [3.8, 4) is 5.75 Å². The number of nitrogens with zero attached hydrogens (tertiary/aromatic N) is 3. The topological polar surface area (TPSA) is 45.7 Å². The van der Waals surface area contributed by atoms with Crippen LogP contribution in [0.1, 0.15) is 12.5 Å². The van der Waals surface area contributed by atoms with Gasteiger partial charge in [-0.1, -0.05) is 24.3 Å². The molecule has 5 nitrogen and oxygen atoms in total. The predicted octanol–water partition coefficient (Wildman–Crippen LogP) is 2.51. The molecule has 1 aromatic heterocycles. The van der Waals surface area contributed by atoms with Crippen LogP contribution in [-0.2, 0) is 4.79 Å². The maximum absolute atomic E-state index is 12.6. The minimum atomic E-state index is -0.479. The van der Waals surface area contributed by atoms with E-state index in [1.165, 1.54) is 0 Å². The zero-order valence-corrected chi connectivity index (χ0v) is 14.2. The number of piperazine rings is 1. The van der Waals surface area contributed by atoms with Crippen LogP contribution in [-0.4, -0.2) is 48.1 Å². The Balaban J connectivity index is 1.56. The van der Waals surface area contributed by atoms with Crippen molar-refractivity contribution in [2.24, 2.45) is 0 Å². The molecular formula is C19H23N3O2. The van der Waals surface area contributed by atoms with Crippen LogP contribution in [0.25, 0.3) is 0 Å². The number of rotatable bonds is 4. The SMILES string of the molecule is Cc1ccccc1O[C@@H](C)C(=O)N1CCN(c2ccccn2)CC1. The van der Waals surface area contributed by atoms with Gasteiger partial charge in [-0.15, -0.1) is 0 Å². The average Bonchev–Trinajstić information content (AvgIpc) is 2.64. The molecule has 0 unspecified atom stereocenters. The van der Waals surface area contributed by atoms with Gasteiger partial charge in [-0.25, -0.2) is 4.98 Å². The summed E-state index contributed by atoms with van der Waals surface area (Å²) in [6.07, 6.45) is 1.32. The summed E-state index contributed by atoms with van der Waals surface area (Å²) in [7, 11) is 0. The second-order valence-corrected chi connectivity index (χ2v) is 6.03. The van der Waals surface area contributed by atoms with Crippen LogP contribution >= 0.6 is 0 Å². The van der Waals surface area contributed by atoms with Gasteiger partial charge in [0.25, 0.3) is 5.91 Å². The molecule has 0 spiro atoms. The van der Waals surface area contributed by atoms with Crippen LogP contribution in [0, 0.1) is 6.92 Å². The molecule has 0 radical (unpaired) electrons. The summed E-state index contributed by atoms with van der Waals surface area (Å²) in [5.74, 6) is 1.78. The van der Waals surface area contributed by atoms with E-state index in [9.17, 15) is 4.79 Å². The fourth-order valence-electron chi connectivity index (χ4n) is 2.88. The molecule has 126 valence electrons. The lowest BCUT2D eigenvalue weighted by Crippen LogP contribution is -2.52. The third kappa shape index (κ3) is 3.67. The fourth-order valence-corrected chi connectivity index (χ4v) is 2.88. The zero-order chi connectivity index (χ0) is 16.9. The van der Waals surface area contributed by atoms with Crippen molar-refractivity contribution in [1.29, 1.82) is 0 Å². The number of carbonyl (C=O) groups excluding carboxylic acids is 1. The summed E-state index contributed by atoms with van der Waals surface area (Å²) >= 11 is 0. The van der Waals surface area contributed by atoms with Gasteiger partial charge in [0, 0.05) is 32.4 Å². The number of amides is 1. The van der Waals surface area contributed by atoms with E-state index < -0.39 is 6.10 Å². The minimum absolute atomic E-state index is 0.0407. The zero-order valence-electron chi connectivity index (χ0n) is 14.2. The average molecular weight is 325 g/mol. The fraction of sp³-hybridized carbons (Fsp3) is 0.368. The number of carbonyl (C=O) groups is 1. The number of anilines is 1. The predicted molar refractivity (Wildman–Crippen MR) is 94.3 cm³/mol. The lowest BCUT2D eigenvalue weighted by Gasteiger charge is -2.36. The maximum Gasteiger partial charge on any atom is 0.263 e. The van der Waals surface area contributed by atoms with Crippen molar-refractivity contribution in [2.45, 2.75) is 20.0 Å². The van der Waals surface area contributed by atoms with Crippen molar-refractivity contribution in [2.75, 3.05) is 31.1 Å². The van der Waals surface area contributed by atoms with Crippen LogP contribution in [0.5, 0.6) is 5.75 Å². The number of aromatic nitrogens is 1. The van der Waals surface area contributed by atoms with Crippen LogP contribution < -0.4 is 9.64 Å². The Labute approximate surface area is 142 Å². The van der Waals surface area contributed by atoms with Crippen LogP contribution in [0.3, 0.4) is 0 Å². The lowest BCUT2D eigenvalue weighted by molar-refractivity contribution is -0.138. The summed E-state index contributed by atoms with van der Waals surface area (Å²) in [5, 5.41) is 0. The Bertz CT molecular complexity index is 682. The van der Waals surface area contributed by atoms with E-state index in [2.05, 4.69) is 9.88 Å². The van der Waals surface area contributed by atoms with E-state index in [0.29, 0.717) is 13.1 Å². The summed E-state index contributed by atoms with van der Waals surface area (Å²) < 4.78 is 5.85. The van der Waals surface area contributed by atoms with Gasteiger partial charge >= 0.3 is 0 Å². The molecular weight excluding hydrogens is 302 g/mol. The molecule has 3 rings (SSSR count). The largest absolute Gasteiger partial charge is 0.481 e. The van der Waals surface area contributed by atoms with Crippen molar-refractivity contribution in [3.05, 3.63) is 54.2 Å². The van der Waals surface area contributed by atoms with Crippen LogP contribution in [0.4, 0.5) is 5.82 Å². The summed E-state index contributed by atoms with van der Waals surface area (Å²) in [4.78, 5) is 21.1. The first-order chi connectivity index (χ1) is 11.6.